The molecule has 1 aromatic heterocycles. The van der Waals surface area contributed by atoms with E-state index < -0.39 is 10.0 Å². The van der Waals surface area contributed by atoms with Crippen LogP contribution in [0.2, 0.25) is 5.02 Å². The van der Waals surface area contributed by atoms with E-state index in [9.17, 15) is 18.0 Å². The standard InChI is InChI=1S/C21H22ClN3O4S2/c1-2-25-18-8-7-17(14-19(18)30-21(25)27)31(28,29)24-11-9-23(10-12-24)20(26)13-15-3-5-16(22)6-4-15/h3-8,14H,2,9-13H2,1H3. The molecular formula is C21H22ClN3O4S2. The largest absolute Gasteiger partial charge is 0.340 e. The normalized spacial score (nSPS) is 15.5. The second-order valence-electron chi connectivity index (χ2n) is 7.33. The second-order valence-corrected chi connectivity index (χ2v) is 10.7. The number of fused-ring (bicyclic) bond motifs is 1. The van der Waals surface area contributed by atoms with E-state index >= 15 is 0 Å². The van der Waals surface area contributed by atoms with Crippen molar-refractivity contribution in [3.05, 3.63) is 62.7 Å². The van der Waals surface area contributed by atoms with Crippen molar-refractivity contribution in [2.45, 2.75) is 24.8 Å². The maximum atomic E-state index is 13.1. The molecule has 0 unspecified atom stereocenters. The molecule has 2 heterocycles. The highest BCUT2D eigenvalue weighted by Crippen LogP contribution is 2.25. The van der Waals surface area contributed by atoms with E-state index in [0.29, 0.717) is 29.4 Å². The van der Waals surface area contributed by atoms with Crippen molar-refractivity contribution in [3.8, 4) is 0 Å². The van der Waals surface area contributed by atoms with Crippen LogP contribution in [0.1, 0.15) is 12.5 Å². The quantitative estimate of drug-likeness (QED) is 0.563. The zero-order valence-corrected chi connectivity index (χ0v) is 19.3. The topological polar surface area (TPSA) is 79.7 Å². The molecule has 0 spiro atoms. The first-order valence-electron chi connectivity index (χ1n) is 9.95. The fourth-order valence-corrected chi connectivity index (χ4v) is 6.37. The monoisotopic (exact) mass is 479 g/mol. The van der Waals surface area contributed by atoms with Crippen LogP contribution in [-0.4, -0.2) is 54.3 Å². The Bertz CT molecular complexity index is 1270. The second kappa shape index (κ2) is 8.74. The van der Waals surface area contributed by atoms with Crippen molar-refractivity contribution < 1.29 is 13.2 Å². The number of hydrogen-bond acceptors (Lipinski definition) is 5. The van der Waals surface area contributed by atoms with Gasteiger partial charge >= 0.3 is 4.87 Å². The van der Waals surface area contributed by atoms with Crippen molar-refractivity contribution in [3.63, 3.8) is 0 Å². The van der Waals surface area contributed by atoms with Crippen molar-refractivity contribution >= 4 is 49.1 Å². The van der Waals surface area contributed by atoms with Gasteiger partial charge in [-0.15, -0.1) is 0 Å². The van der Waals surface area contributed by atoms with Crippen LogP contribution in [0.15, 0.2) is 52.2 Å². The Morgan fingerprint density at radius 3 is 2.39 bits per heavy atom. The number of nitrogens with zero attached hydrogens (tertiary/aromatic N) is 3. The van der Waals surface area contributed by atoms with Crippen LogP contribution in [0.25, 0.3) is 10.2 Å². The summed E-state index contributed by atoms with van der Waals surface area (Å²) < 4.78 is 29.9. The molecule has 1 saturated heterocycles. The van der Waals surface area contributed by atoms with E-state index in [2.05, 4.69) is 0 Å². The number of thiazole rings is 1. The van der Waals surface area contributed by atoms with E-state index in [1.165, 1.54) is 4.31 Å². The molecule has 0 saturated carbocycles. The van der Waals surface area contributed by atoms with Gasteiger partial charge in [0.25, 0.3) is 0 Å². The molecule has 1 amide bonds. The highest BCUT2D eigenvalue weighted by Gasteiger charge is 2.30. The molecule has 3 aromatic rings. The fraction of sp³-hybridized carbons (Fsp3) is 0.333. The van der Waals surface area contributed by atoms with Gasteiger partial charge in [0, 0.05) is 37.7 Å². The third kappa shape index (κ3) is 4.41. The molecule has 1 aliphatic rings. The van der Waals surface area contributed by atoms with Crippen molar-refractivity contribution in [2.24, 2.45) is 0 Å². The van der Waals surface area contributed by atoms with E-state index in [-0.39, 0.29) is 35.2 Å². The number of sulfonamides is 1. The number of carbonyl (C=O) groups excluding carboxylic acids is 1. The molecule has 0 bridgehead atoms. The number of benzene rings is 2. The van der Waals surface area contributed by atoms with Gasteiger partial charge in [-0.05, 0) is 42.8 Å². The summed E-state index contributed by atoms with van der Waals surface area (Å²) in [7, 11) is -3.70. The van der Waals surface area contributed by atoms with E-state index in [0.717, 1.165) is 22.4 Å². The Labute approximate surface area is 189 Å². The number of hydrogen-bond donors (Lipinski definition) is 0. The Morgan fingerprint density at radius 2 is 1.74 bits per heavy atom. The Hall–Kier alpha value is -2.20. The summed E-state index contributed by atoms with van der Waals surface area (Å²) in [6.45, 7) is 3.57. The minimum Gasteiger partial charge on any atom is -0.340 e. The summed E-state index contributed by atoms with van der Waals surface area (Å²) in [5, 5.41) is 0.617. The lowest BCUT2D eigenvalue weighted by atomic mass is 10.1. The Morgan fingerprint density at radius 1 is 1.06 bits per heavy atom. The van der Waals surface area contributed by atoms with Crippen LogP contribution in [0.4, 0.5) is 0 Å². The Kier molecular flexibility index (Phi) is 6.20. The number of rotatable bonds is 5. The summed E-state index contributed by atoms with van der Waals surface area (Å²) in [5.41, 5.74) is 1.62. The molecule has 4 rings (SSSR count). The highest BCUT2D eigenvalue weighted by atomic mass is 35.5. The summed E-state index contributed by atoms with van der Waals surface area (Å²) in [5.74, 6) is -0.0357. The van der Waals surface area contributed by atoms with E-state index in [1.54, 1.807) is 39.8 Å². The highest BCUT2D eigenvalue weighted by molar-refractivity contribution is 7.89. The predicted molar refractivity (Wildman–Crippen MR) is 122 cm³/mol. The molecule has 31 heavy (non-hydrogen) atoms. The van der Waals surface area contributed by atoms with Crippen LogP contribution in [0, 0.1) is 0 Å². The number of aryl methyl sites for hydroxylation is 1. The lowest BCUT2D eigenvalue weighted by Crippen LogP contribution is -2.50. The molecule has 0 radical (unpaired) electrons. The average Bonchev–Trinajstić information content (AvgIpc) is 3.09. The SMILES string of the molecule is CCn1c(=O)sc2cc(S(=O)(=O)N3CCN(C(=O)Cc4ccc(Cl)cc4)CC3)ccc21. The van der Waals surface area contributed by atoms with Gasteiger partial charge in [-0.3, -0.25) is 14.2 Å². The minimum absolute atomic E-state index is 0.0357. The molecule has 0 N–H and O–H groups in total. The molecule has 1 fully saturated rings. The molecule has 7 nitrogen and oxygen atoms in total. The van der Waals surface area contributed by atoms with Gasteiger partial charge < -0.3 is 4.90 Å². The summed E-state index contributed by atoms with van der Waals surface area (Å²) in [4.78, 5) is 26.4. The van der Waals surface area contributed by atoms with Crippen molar-refractivity contribution in [2.75, 3.05) is 26.2 Å². The Balaban J connectivity index is 1.45. The van der Waals surface area contributed by atoms with Gasteiger partial charge in [-0.1, -0.05) is 35.1 Å². The minimum atomic E-state index is -3.70. The number of carbonyl (C=O) groups is 1. The first-order valence-corrected chi connectivity index (χ1v) is 12.6. The number of amides is 1. The summed E-state index contributed by atoms with van der Waals surface area (Å²) in [6, 6.07) is 11.9. The first-order chi connectivity index (χ1) is 14.8. The third-order valence-electron chi connectivity index (χ3n) is 5.45. The number of aromatic nitrogens is 1. The summed E-state index contributed by atoms with van der Waals surface area (Å²) in [6.07, 6.45) is 0.258. The fourth-order valence-electron chi connectivity index (χ4n) is 3.72. The molecule has 164 valence electrons. The number of halogens is 1. The predicted octanol–water partition coefficient (Wildman–Crippen LogP) is 2.81. The van der Waals surface area contributed by atoms with Crippen LogP contribution in [-0.2, 0) is 27.8 Å². The maximum Gasteiger partial charge on any atom is 0.308 e. The van der Waals surface area contributed by atoms with Gasteiger partial charge in [-0.2, -0.15) is 4.31 Å². The van der Waals surface area contributed by atoms with Crippen LogP contribution < -0.4 is 4.87 Å². The van der Waals surface area contributed by atoms with Gasteiger partial charge in [0.05, 0.1) is 21.5 Å². The van der Waals surface area contributed by atoms with Crippen LogP contribution in [0.3, 0.4) is 0 Å². The zero-order chi connectivity index (χ0) is 22.2. The molecular weight excluding hydrogens is 458 g/mol. The zero-order valence-electron chi connectivity index (χ0n) is 17.0. The third-order valence-corrected chi connectivity index (χ3v) is 8.54. The molecule has 1 aliphatic heterocycles. The average molecular weight is 480 g/mol. The van der Waals surface area contributed by atoms with E-state index in [4.69, 9.17) is 11.6 Å². The lowest BCUT2D eigenvalue weighted by molar-refractivity contribution is -0.131. The van der Waals surface area contributed by atoms with Crippen molar-refractivity contribution in [1.29, 1.82) is 0 Å². The summed E-state index contributed by atoms with van der Waals surface area (Å²) >= 11 is 6.93. The lowest BCUT2D eigenvalue weighted by Gasteiger charge is -2.34. The number of piperazine rings is 1. The molecule has 10 heteroatoms. The smallest absolute Gasteiger partial charge is 0.308 e. The van der Waals surface area contributed by atoms with Gasteiger partial charge in [0.2, 0.25) is 15.9 Å². The molecule has 2 aromatic carbocycles. The van der Waals surface area contributed by atoms with Gasteiger partial charge in [0.1, 0.15) is 0 Å². The van der Waals surface area contributed by atoms with Crippen molar-refractivity contribution in [1.82, 2.24) is 13.8 Å². The van der Waals surface area contributed by atoms with Gasteiger partial charge in [0.15, 0.2) is 0 Å². The van der Waals surface area contributed by atoms with Gasteiger partial charge in [-0.25, -0.2) is 8.42 Å². The molecule has 0 atom stereocenters. The maximum absolute atomic E-state index is 13.1. The van der Waals surface area contributed by atoms with Crippen LogP contribution >= 0.6 is 22.9 Å². The first kappa shape index (κ1) is 22.0. The molecule has 0 aliphatic carbocycles. The van der Waals surface area contributed by atoms with E-state index in [1.807, 2.05) is 19.1 Å². The van der Waals surface area contributed by atoms with Crippen LogP contribution in [0.5, 0.6) is 0 Å².